The van der Waals surface area contributed by atoms with Gasteiger partial charge in [0.2, 0.25) is 0 Å². The number of thioether (sulfide) groups is 1. The highest BCUT2D eigenvalue weighted by Gasteiger charge is 2.14. The minimum atomic E-state index is -0.379. The maximum atomic E-state index is 12.3. The van der Waals surface area contributed by atoms with Gasteiger partial charge in [0.1, 0.15) is 6.61 Å². The molecule has 7 heteroatoms. The number of nitrogens with zero attached hydrogens (tertiary/aromatic N) is 3. The molecule has 0 fully saturated rings. The molecule has 0 atom stereocenters. The molecule has 6 nitrogen and oxygen atoms in total. The van der Waals surface area contributed by atoms with Gasteiger partial charge in [0.25, 0.3) is 5.56 Å². The summed E-state index contributed by atoms with van der Waals surface area (Å²) in [4.78, 5) is 29.5. The summed E-state index contributed by atoms with van der Waals surface area (Å²) in [6.45, 7) is 2.28. The van der Waals surface area contributed by atoms with E-state index < -0.39 is 0 Å². The van der Waals surface area contributed by atoms with Gasteiger partial charge in [-0.25, -0.2) is 4.79 Å². The molecule has 0 unspecified atom stereocenters. The van der Waals surface area contributed by atoms with Gasteiger partial charge in [-0.2, -0.15) is 0 Å². The van der Waals surface area contributed by atoms with Crippen LogP contribution < -0.4 is 11.2 Å². The van der Waals surface area contributed by atoms with Crippen molar-refractivity contribution >= 4 is 18.0 Å². The summed E-state index contributed by atoms with van der Waals surface area (Å²) in [5, 5.41) is 4.48. The molecule has 0 saturated heterocycles. The monoisotopic (exact) mass is 333 g/mol. The van der Waals surface area contributed by atoms with Crippen molar-refractivity contribution in [1.29, 1.82) is 0 Å². The van der Waals surface area contributed by atoms with Crippen LogP contribution in [0.3, 0.4) is 0 Å². The van der Waals surface area contributed by atoms with E-state index in [0.717, 1.165) is 15.9 Å². The van der Waals surface area contributed by atoms with Gasteiger partial charge in [-0.3, -0.25) is 13.9 Å². The number of aromatic nitrogens is 2. The fraction of sp³-hybridized carbons (Fsp3) is 0.312. The lowest BCUT2D eigenvalue weighted by Crippen LogP contribution is -2.40. The van der Waals surface area contributed by atoms with E-state index in [-0.39, 0.29) is 11.2 Å². The highest BCUT2D eigenvalue weighted by molar-refractivity contribution is 7.99. The average molecular weight is 333 g/mol. The molecule has 1 heterocycles. The molecule has 1 aromatic heterocycles. The lowest BCUT2D eigenvalue weighted by atomic mass is 10.2. The van der Waals surface area contributed by atoms with Gasteiger partial charge < -0.3 is 4.84 Å². The molecule has 0 aliphatic carbocycles. The third kappa shape index (κ3) is 3.92. The molecule has 0 aliphatic rings. The predicted octanol–water partition coefficient (Wildman–Crippen LogP) is 1.75. The second-order valence-corrected chi connectivity index (χ2v) is 6.10. The highest BCUT2D eigenvalue weighted by atomic mass is 32.2. The molecule has 0 spiro atoms. The molecule has 2 rings (SSSR count). The molecular formula is C16H19N3O3S. The number of hydrogen-bond acceptors (Lipinski definition) is 5. The van der Waals surface area contributed by atoms with E-state index in [2.05, 4.69) is 5.16 Å². The topological polar surface area (TPSA) is 65.6 Å². The first kappa shape index (κ1) is 17.1. The maximum Gasteiger partial charge on any atom is 0.331 e. The zero-order valence-corrected chi connectivity index (χ0v) is 14.2. The molecule has 0 aliphatic heterocycles. The maximum absolute atomic E-state index is 12.3. The quantitative estimate of drug-likeness (QED) is 0.350. The Morgan fingerprint density at radius 2 is 1.87 bits per heavy atom. The third-order valence-electron chi connectivity index (χ3n) is 3.26. The lowest BCUT2D eigenvalue weighted by molar-refractivity contribution is 0.132. The van der Waals surface area contributed by atoms with Crippen molar-refractivity contribution in [2.75, 3.05) is 5.75 Å². The smallest absolute Gasteiger partial charge is 0.331 e. The Bertz CT molecular complexity index is 810. The van der Waals surface area contributed by atoms with Crippen LogP contribution in [0.5, 0.6) is 0 Å². The summed E-state index contributed by atoms with van der Waals surface area (Å²) in [7, 11) is 3.09. The normalized spacial score (nSPS) is 11.1. The molecule has 122 valence electrons. The predicted molar refractivity (Wildman–Crippen MR) is 92.1 cm³/mol. The summed E-state index contributed by atoms with van der Waals surface area (Å²) in [6.07, 6.45) is 1.38. The second-order valence-electron chi connectivity index (χ2n) is 4.85. The fourth-order valence-corrected chi connectivity index (χ4v) is 2.89. The zero-order valence-electron chi connectivity index (χ0n) is 13.4. The Hall–Kier alpha value is -2.28. The largest absolute Gasteiger partial charge is 0.391 e. The first-order valence-corrected chi connectivity index (χ1v) is 8.16. The minimum Gasteiger partial charge on any atom is -0.391 e. The molecular weight excluding hydrogens is 314 g/mol. The van der Waals surface area contributed by atoms with Gasteiger partial charge in [0.05, 0.1) is 16.8 Å². The Balaban J connectivity index is 2.26. The summed E-state index contributed by atoms with van der Waals surface area (Å²) >= 11 is 1.42. The van der Waals surface area contributed by atoms with Crippen molar-refractivity contribution in [1.82, 2.24) is 9.13 Å². The molecule has 0 saturated carbocycles. The number of rotatable bonds is 6. The third-order valence-corrected chi connectivity index (χ3v) is 4.31. The van der Waals surface area contributed by atoms with Crippen LogP contribution in [0, 0.1) is 0 Å². The van der Waals surface area contributed by atoms with Gasteiger partial charge in [0.15, 0.2) is 0 Å². The number of oxime groups is 1. The molecule has 0 N–H and O–H groups in total. The molecule has 0 bridgehead atoms. The lowest BCUT2D eigenvalue weighted by Gasteiger charge is -2.11. The molecule has 2 aromatic rings. The Morgan fingerprint density at radius 3 is 2.52 bits per heavy atom. The van der Waals surface area contributed by atoms with E-state index in [4.69, 9.17) is 4.84 Å². The van der Waals surface area contributed by atoms with Crippen molar-refractivity contribution in [2.24, 2.45) is 19.3 Å². The van der Waals surface area contributed by atoms with E-state index in [1.54, 1.807) is 7.05 Å². The van der Waals surface area contributed by atoms with Crippen LogP contribution in [0.2, 0.25) is 0 Å². The van der Waals surface area contributed by atoms with Gasteiger partial charge in [-0.15, -0.1) is 11.8 Å². The van der Waals surface area contributed by atoms with Crippen LogP contribution in [-0.2, 0) is 25.5 Å². The second kappa shape index (κ2) is 7.82. The zero-order chi connectivity index (χ0) is 16.8. The Labute approximate surface area is 138 Å². The first-order chi connectivity index (χ1) is 11.1. The molecule has 0 amide bonds. The van der Waals surface area contributed by atoms with Crippen LogP contribution >= 0.6 is 11.8 Å². The van der Waals surface area contributed by atoms with E-state index >= 15 is 0 Å². The van der Waals surface area contributed by atoms with Crippen LogP contribution in [0.15, 0.2) is 50.1 Å². The van der Waals surface area contributed by atoms with E-state index in [9.17, 15) is 9.59 Å². The number of benzene rings is 1. The summed E-state index contributed by atoms with van der Waals surface area (Å²) in [5.74, 6) is 0.742. The molecule has 1 aromatic carbocycles. The van der Waals surface area contributed by atoms with E-state index in [1.807, 2.05) is 37.3 Å². The van der Waals surface area contributed by atoms with E-state index in [0.29, 0.717) is 17.2 Å². The van der Waals surface area contributed by atoms with Gasteiger partial charge in [0, 0.05) is 14.1 Å². The highest BCUT2D eigenvalue weighted by Crippen LogP contribution is 2.16. The average Bonchev–Trinajstić information content (AvgIpc) is 2.57. The Kier molecular flexibility index (Phi) is 5.81. The van der Waals surface area contributed by atoms with Gasteiger partial charge >= 0.3 is 5.69 Å². The number of hydrogen-bond donors (Lipinski definition) is 0. The van der Waals surface area contributed by atoms with Crippen LogP contribution in [0.1, 0.15) is 18.1 Å². The SMILES string of the molecule is CCSc1c(C=NOCc2ccccc2)c(=O)n(C)c(=O)n1C. The molecule has 0 radical (unpaired) electrons. The summed E-state index contributed by atoms with van der Waals surface area (Å²) < 4.78 is 2.52. The van der Waals surface area contributed by atoms with Crippen molar-refractivity contribution in [3.63, 3.8) is 0 Å². The Morgan fingerprint density at radius 1 is 1.17 bits per heavy atom. The van der Waals surface area contributed by atoms with Crippen LogP contribution in [0.4, 0.5) is 0 Å². The van der Waals surface area contributed by atoms with Crippen molar-refractivity contribution in [3.8, 4) is 0 Å². The van der Waals surface area contributed by atoms with Crippen molar-refractivity contribution in [3.05, 3.63) is 62.3 Å². The van der Waals surface area contributed by atoms with E-state index in [1.165, 1.54) is 29.6 Å². The summed E-state index contributed by atoms with van der Waals surface area (Å²) in [6, 6.07) is 9.62. The van der Waals surface area contributed by atoms with Crippen molar-refractivity contribution < 1.29 is 4.84 Å². The van der Waals surface area contributed by atoms with Gasteiger partial charge in [-0.1, -0.05) is 42.4 Å². The van der Waals surface area contributed by atoms with Crippen LogP contribution in [-0.4, -0.2) is 21.1 Å². The summed E-state index contributed by atoms with van der Waals surface area (Å²) in [5.41, 5.74) is 0.611. The van der Waals surface area contributed by atoms with Crippen LogP contribution in [0.25, 0.3) is 0 Å². The fourth-order valence-electron chi connectivity index (χ4n) is 2.05. The molecule has 23 heavy (non-hydrogen) atoms. The standard InChI is InChI=1S/C16H19N3O3S/c1-4-23-15-13(14(20)18(2)16(21)19(15)3)10-17-22-11-12-8-6-5-7-9-12/h5-10H,4,11H2,1-3H3. The van der Waals surface area contributed by atoms with Gasteiger partial charge in [-0.05, 0) is 11.3 Å². The van der Waals surface area contributed by atoms with Crippen molar-refractivity contribution in [2.45, 2.75) is 18.6 Å². The minimum absolute atomic E-state index is 0.319. The first-order valence-electron chi connectivity index (χ1n) is 7.18.